The Balaban J connectivity index is 2.84. The SMILES string of the molecule is CCNC(CC(C)OC)c1ccc(C)c(C)c1. The molecule has 0 fully saturated rings. The number of methoxy groups -OCH3 is 1. The molecule has 0 aromatic heterocycles. The van der Waals surface area contributed by atoms with Crippen molar-refractivity contribution in [3.63, 3.8) is 0 Å². The van der Waals surface area contributed by atoms with Crippen molar-refractivity contribution in [2.45, 2.75) is 46.3 Å². The van der Waals surface area contributed by atoms with E-state index in [1.807, 2.05) is 0 Å². The second kappa shape index (κ2) is 6.77. The predicted molar refractivity (Wildman–Crippen MR) is 73.4 cm³/mol. The molecule has 0 saturated heterocycles. The molecular formula is C15H25NO. The van der Waals surface area contributed by atoms with E-state index >= 15 is 0 Å². The minimum absolute atomic E-state index is 0.278. The first-order valence-electron chi connectivity index (χ1n) is 6.41. The van der Waals surface area contributed by atoms with Crippen molar-refractivity contribution in [2.75, 3.05) is 13.7 Å². The maximum absolute atomic E-state index is 5.36. The molecule has 1 rings (SSSR count). The van der Waals surface area contributed by atoms with E-state index in [1.54, 1.807) is 7.11 Å². The van der Waals surface area contributed by atoms with Crippen LogP contribution in [-0.2, 0) is 4.74 Å². The molecule has 0 aliphatic carbocycles. The Bertz CT molecular complexity index is 349. The molecule has 0 aliphatic rings. The van der Waals surface area contributed by atoms with Crippen molar-refractivity contribution in [2.24, 2.45) is 0 Å². The smallest absolute Gasteiger partial charge is 0.0561 e. The molecule has 1 N–H and O–H groups in total. The van der Waals surface area contributed by atoms with Gasteiger partial charge in [-0.3, -0.25) is 0 Å². The summed E-state index contributed by atoms with van der Waals surface area (Å²) in [4.78, 5) is 0. The van der Waals surface area contributed by atoms with Crippen LogP contribution >= 0.6 is 0 Å². The molecule has 17 heavy (non-hydrogen) atoms. The van der Waals surface area contributed by atoms with E-state index in [2.05, 4.69) is 51.2 Å². The van der Waals surface area contributed by atoms with Gasteiger partial charge in [0.2, 0.25) is 0 Å². The fraction of sp³-hybridized carbons (Fsp3) is 0.600. The van der Waals surface area contributed by atoms with Crippen molar-refractivity contribution in [3.05, 3.63) is 34.9 Å². The lowest BCUT2D eigenvalue weighted by molar-refractivity contribution is 0.101. The Kier molecular flexibility index (Phi) is 5.66. The van der Waals surface area contributed by atoms with E-state index in [0.29, 0.717) is 6.04 Å². The summed E-state index contributed by atoms with van der Waals surface area (Å²) in [5.74, 6) is 0. The van der Waals surface area contributed by atoms with Gasteiger partial charge in [-0.15, -0.1) is 0 Å². The molecule has 0 saturated carbocycles. The summed E-state index contributed by atoms with van der Waals surface area (Å²) >= 11 is 0. The lowest BCUT2D eigenvalue weighted by Crippen LogP contribution is -2.25. The monoisotopic (exact) mass is 235 g/mol. The number of hydrogen-bond acceptors (Lipinski definition) is 2. The number of benzene rings is 1. The quantitative estimate of drug-likeness (QED) is 0.816. The van der Waals surface area contributed by atoms with E-state index in [9.17, 15) is 0 Å². The first-order chi connectivity index (χ1) is 8.08. The molecule has 0 spiro atoms. The topological polar surface area (TPSA) is 21.3 Å². The highest BCUT2D eigenvalue weighted by Crippen LogP contribution is 2.22. The largest absolute Gasteiger partial charge is 0.382 e. The fourth-order valence-corrected chi connectivity index (χ4v) is 1.99. The van der Waals surface area contributed by atoms with Crippen LogP contribution in [0.25, 0.3) is 0 Å². The Morgan fingerprint density at radius 3 is 2.47 bits per heavy atom. The highest BCUT2D eigenvalue weighted by molar-refractivity contribution is 5.31. The van der Waals surface area contributed by atoms with E-state index in [-0.39, 0.29) is 6.10 Å². The van der Waals surface area contributed by atoms with Gasteiger partial charge in [-0.2, -0.15) is 0 Å². The molecule has 1 aromatic rings. The highest BCUT2D eigenvalue weighted by Gasteiger charge is 2.14. The highest BCUT2D eigenvalue weighted by atomic mass is 16.5. The summed E-state index contributed by atoms with van der Waals surface area (Å²) in [6, 6.07) is 7.09. The summed E-state index contributed by atoms with van der Waals surface area (Å²) < 4.78 is 5.36. The number of ether oxygens (including phenoxy) is 1. The van der Waals surface area contributed by atoms with Gasteiger partial charge in [-0.25, -0.2) is 0 Å². The minimum atomic E-state index is 0.278. The van der Waals surface area contributed by atoms with E-state index in [4.69, 9.17) is 4.74 Å². The maximum atomic E-state index is 5.36. The fourth-order valence-electron chi connectivity index (χ4n) is 1.99. The Hall–Kier alpha value is -0.860. The number of rotatable bonds is 6. The van der Waals surface area contributed by atoms with Gasteiger partial charge >= 0.3 is 0 Å². The molecule has 2 unspecified atom stereocenters. The van der Waals surface area contributed by atoms with Gasteiger partial charge < -0.3 is 10.1 Å². The summed E-state index contributed by atoms with van der Waals surface area (Å²) in [6.45, 7) is 9.56. The molecule has 2 atom stereocenters. The van der Waals surface area contributed by atoms with Crippen molar-refractivity contribution in [3.8, 4) is 0 Å². The first kappa shape index (κ1) is 14.2. The van der Waals surface area contributed by atoms with Crippen LogP contribution in [0.3, 0.4) is 0 Å². The van der Waals surface area contributed by atoms with Gasteiger partial charge in [0.25, 0.3) is 0 Å². The van der Waals surface area contributed by atoms with Crippen molar-refractivity contribution >= 4 is 0 Å². The summed E-state index contributed by atoms with van der Waals surface area (Å²) in [7, 11) is 1.77. The summed E-state index contributed by atoms with van der Waals surface area (Å²) in [5.41, 5.74) is 4.07. The van der Waals surface area contributed by atoms with Crippen LogP contribution in [0.1, 0.15) is 43.0 Å². The third kappa shape index (κ3) is 4.14. The summed E-state index contributed by atoms with van der Waals surface area (Å²) in [6.07, 6.45) is 1.29. The van der Waals surface area contributed by atoms with E-state index < -0.39 is 0 Å². The van der Waals surface area contributed by atoms with Crippen molar-refractivity contribution in [1.82, 2.24) is 5.32 Å². The number of nitrogens with one attached hydrogen (secondary N) is 1. The van der Waals surface area contributed by atoms with Crippen LogP contribution in [0, 0.1) is 13.8 Å². The summed E-state index contributed by atoms with van der Waals surface area (Å²) in [5, 5.41) is 3.53. The minimum Gasteiger partial charge on any atom is -0.382 e. The normalized spacial score (nSPS) is 14.6. The van der Waals surface area contributed by atoms with Crippen LogP contribution in [0.15, 0.2) is 18.2 Å². The van der Waals surface area contributed by atoms with Gasteiger partial charge in [0.15, 0.2) is 0 Å². The van der Waals surface area contributed by atoms with Crippen molar-refractivity contribution < 1.29 is 4.74 Å². The van der Waals surface area contributed by atoms with Crippen LogP contribution in [0.2, 0.25) is 0 Å². The van der Waals surface area contributed by atoms with Crippen molar-refractivity contribution in [1.29, 1.82) is 0 Å². The van der Waals surface area contributed by atoms with E-state index in [1.165, 1.54) is 16.7 Å². The van der Waals surface area contributed by atoms with Gasteiger partial charge in [-0.1, -0.05) is 25.1 Å². The standard InChI is InChI=1S/C15H25NO/c1-6-16-15(10-13(4)17-5)14-8-7-11(2)12(3)9-14/h7-9,13,15-16H,6,10H2,1-5H3. The Morgan fingerprint density at radius 1 is 1.24 bits per heavy atom. The van der Waals surface area contributed by atoms with E-state index in [0.717, 1.165) is 13.0 Å². The molecule has 1 aromatic carbocycles. The maximum Gasteiger partial charge on any atom is 0.0561 e. The van der Waals surface area contributed by atoms with Crippen LogP contribution in [0.4, 0.5) is 0 Å². The Morgan fingerprint density at radius 2 is 1.94 bits per heavy atom. The van der Waals surface area contributed by atoms with Gasteiger partial charge in [0.1, 0.15) is 0 Å². The molecule has 0 radical (unpaired) electrons. The van der Waals surface area contributed by atoms with Gasteiger partial charge in [0, 0.05) is 13.2 Å². The van der Waals surface area contributed by atoms with Gasteiger partial charge in [-0.05, 0) is 50.4 Å². The van der Waals surface area contributed by atoms with Crippen LogP contribution < -0.4 is 5.32 Å². The number of aryl methyl sites for hydroxylation is 2. The lowest BCUT2D eigenvalue weighted by Gasteiger charge is -2.22. The molecular weight excluding hydrogens is 210 g/mol. The average Bonchev–Trinajstić information content (AvgIpc) is 2.32. The predicted octanol–water partition coefficient (Wildman–Crippen LogP) is 3.38. The Labute approximate surface area is 105 Å². The zero-order chi connectivity index (χ0) is 12.8. The third-order valence-electron chi connectivity index (χ3n) is 3.35. The number of hydrogen-bond donors (Lipinski definition) is 1. The molecule has 0 bridgehead atoms. The molecule has 0 heterocycles. The molecule has 2 nitrogen and oxygen atoms in total. The molecule has 0 aliphatic heterocycles. The first-order valence-corrected chi connectivity index (χ1v) is 6.41. The zero-order valence-electron chi connectivity index (χ0n) is 11.7. The average molecular weight is 235 g/mol. The molecule has 96 valence electrons. The molecule has 2 heteroatoms. The van der Waals surface area contributed by atoms with Crippen LogP contribution in [-0.4, -0.2) is 19.8 Å². The van der Waals surface area contributed by atoms with Crippen LogP contribution in [0.5, 0.6) is 0 Å². The molecule has 0 amide bonds. The zero-order valence-corrected chi connectivity index (χ0v) is 11.7. The van der Waals surface area contributed by atoms with Gasteiger partial charge in [0.05, 0.1) is 6.10 Å². The third-order valence-corrected chi connectivity index (χ3v) is 3.35. The lowest BCUT2D eigenvalue weighted by atomic mass is 9.97. The second-order valence-corrected chi connectivity index (χ2v) is 4.74. The second-order valence-electron chi connectivity index (χ2n) is 4.74.